The Bertz CT molecular complexity index is 737. The Morgan fingerprint density at radius 1 is 1.24 bits per heavy atom. The first-order valence-corrected chi connectivity index (χ1v) is 8.70. The zero-order chi connectivity index (χ0) is 18.4. The van der Waals surface area contributed by atoms with E-state index in [1.165, 1.54) is 0 Å². The van der Waals surface area contributed by atoms with Crippen molar-refractivity contribution in [1.82, 2.24) is 15.6 Å². The number of nitrogens with one attached hydrogen (secondary N) is 3. The summed E-state index contributed by atoms with van der Waals surface area (Å²) in [7, 11) is 0. The van der Waals surface area contributed by atoms with Crippen LogP contribution in [0.5, 0.6) is 0 Å². The molecule has 25 heavy (non-hydrogen) atoms. The van der Waals surface area contributed by atoms with Crippen LogP contribution in [-0.4, -0.2) is 36.2 Å². The number of aromatic nitrogens is 1. The number of rotatable bonds is 7. The number of hydrogen-bond acceptors (Lipinski definition) is 3. The molecule has 0 fully saturated rings. The predicted octanol–water partition coefficient (Wildman–Crippen LogP) is 3.37. The molecule has 2 aromatic rings. The molecule has 136 valence electrons. The van der Waals surface area contributed by atoms with Gasteiger partial charge in [0.1, 0.15) is 5.69 Å². The quantitative estimate of drug-likeness (QED) is 0.719. The summed E-state index contributed by atoms with van der Waals surface area (Å²) in [6.45, 7) is 8.59. The van der Waals surface area contributed by atoms with E-state index in [0.29, 0.717) is 24.8 Å². The molecular formula is C19H27N3O3. The summed E-state index contributed by atoms with van der Waals surface area (Å²) in [6.07, 6.45) is 0.300. The first-order valence-electron chi connectivity index (χ1n) is 8.70. The summed E-state index contributed by atoms with van der Waals surface area (Å²) in [5.41, 5.74) is 2.59. The molecule has 0 saturated heterocycles. The van der Waals surface area contributed by atoms with Crippen molar-refractivity contribution in [2.24, 2.45) is 5.92 Å². The second-order valence-electron chi connectivity index (χ2n) is 6.68. The maximum atomic E-state index is 12.4. The third-order valence-corrected chi connectivity index (χ3v) is 3.88. The van der Waals surface area contributed by atoms with Crippen LogP contribution in [0.4, 0.5) is 4.79 Å². The largest absolute Gasteiger partial charge is 0.450 e. The minimum absolute atomic E-state index is 0.172. The van der Waals surface area contributed by atoms with Gasteiger partial charge in [-0.2, -0.15) is 0 Å². The molecule has 0 aliphatic heterocycles. The highest BCUT2D eigenvalue weighted by molar-refractivity contribution is 5.98. The molecular weight excluding hydrogens is 318 g/mol. The topological polar surface area (TPSA) is 83.2 Å². The van der Waals surface area contributed by atoms with E-state index in [4.69, 9.17) is 4.74 Å². The highest BCUT2D eigenvalue weighted by atomic mass is 16.5. The zero-order valence-corrected chi connectivity index (χ0v) is 15.3. The number of H-pyrrole nitrogens is 1. The molecule has 1 atom stereocenters. The minimum atomic E-state index is -0.455. The van der Waals surface area contributed by atoms with Crippen LogP contribution < -0.4 is 10.6 Å². The summed E-state index contributed by atoms with van der Waals surface area (Å²) >= 11 is 0. The number of hydrogen-bond donors (Lipinski definition) is 3. The number of aryl methyl sites for hydroxylation is 1. The van der Waals surface area contributed by atoms with Gasteiger partial charge in [0.05, 0.1) is 6.61 Å². The van der Waals surface area contributed by atoms with Crippen molar-refractivity contribution in [3.8, 4) is 0 Å². The van der Waals surface area contributed by atoms with E-state index in [1.54, 1.807) is 6.92 Å². The van der Waals surface area contributed by atoms with Gasteiger partial charge in [-0.25, -0.2) is 4.79 Å². The Labute approximate surface area is 148 Å². The lowest BCUT2D eigenvalue weighted by molar-refractivity contribution is 0.0940. The number of fused-ring (bicyclic) bond motifs is 1. The predicted molar refractivity (Wildman–Crippen MR) is 98.8 cm³/mol. The van der Waals surface area contributed by atoms with Gasteiger partial charge in [0.25, 0.3) is 5.91 Å². The molecule has 2 amide bonds. The lowest BCUT2D eigenvalue weighted by atomic mass is 10.0. The van der Waals surface area contributed by atoms with E-state index in [1.807, 2.05) is 31.2 Å². The Morgan fingerprint density at radius 2 is 2.00 bits per heavy atom. The van der Waals surface area contributed by atoms with Crippen molar-refractivity contribution in [2.45, 2.75) is 40.2 Å². The summed E-state index contributed by atoms with van der Waals surface area (Å²) in [6, 6.07) is 7.67. The Morgan fingerprint density at radius 3 is 2.68 bits per heavy atom. The van der Waals surface area contributed by atoms with Crippen LogP contribution in [0.3, 0.4) is 0 Å². The molecule has 6 nitrogen and oxygen atoms in total. The second-order valence-corrected chi connectivity index (χ2v) is 6.68. The fraction of sp³-hybridized carbons (Fsp3) is 0.474. The third-order valence-electron chi connectivity index (χ3n) is 3.88. The first kappa shape index (κ1) is 18.8. The van der Waals surface area contributed by atoms with Crippen molar-refractivity contribution in [1.29, 1.82) is 0 Å². The van der Waals surface area contributed by atoms with E-state index < -0.39 is 6.09 Å². The van der Waals surface area contributed by atoms with Crippen molar-refractivity contribution < 1.29 is 14.3 Å². The van der Waals surface area contributed by atoms with Gasteiger partial charge in [-0.3, -0.25) is 4.79 Å². The fourth-order valence-corrected chi connectivity index (χ4v) is 2.79. The summed E-state index contributed by atoms with van der Waals surface area (Å²) in [5.74, 6) is 0.202. The highest BCUT2D eigenvalue weighted by Crippen LogP contribution is 2.17. The van der Waals surface area contributed by atoms with E-state index in [9.17, 15) is 9.59 Å². The van der Waals surface area contributed by atoms with Gasteiger partial charge in [-0.05, 0) is 44.4 Å². The zero-order valence-electron chi connectivity index (χ0n) is 15.3. The van der Waals surface area contributed by atoms with Gasteiger partial charge >= 0.3 is 6.09 Å². The Balaban J connectivity index is 1.99. The van der Waals surface area contributed by atoms with Crippen LogP contribution in [0, 0.1) is 12.8 Å². The summed E-state index contributed by atoms with van der Waals surface area (Å²) in [5, 5.41) is 6.70. The molecule has 0 radical (unpaired) electrons. The van der Waals surface area contributed by atoms with Gasteiger partial charge in [0.2, 0.25) is 0 Å². The molecule has 0 aliphatic rings. The van der Waals surface area contributed by atoms with Crippen molar-refractivity contribution in [3.05, 3.63) is 35.5 Å². The smallest absolute Gasteiger partial charge is 0.407 e. The van der Waals surface area contributed by atoms with Crippen molar-refractivity contribution >= 4 is 22.9 Å². The Kier molecular flexibility index (Phi) is 6.44. The monoisotopic (exact) mass is 345 g/mol. The van der Waals surface area contributed by atoms with Gasteiger partial charge < -0.3 is 20.4 Å². The minimum Gasteiger partial charge on any atom is -0.450 e. The van der Waals surface area contributed by atoms with Crippen LogP contribution in [0.25, 0.3) is 10.9 Å². The molecule has 6 heteroatoms. The molecule has 1 aromatic carbocycles. The SMILES string of the molecule is CCOC(=O)NC(CNC(=O)c1cc2cc(C)ccc2[nH]1)CC(C)C. The normalized spacial score (nSPS) is 12.2. The molecule has 0 bridgehead atoms. The second kappa shape index (κ2) is 8.55. The van der Waals surface area contributed by atoms with Crippen LogP contribution in [0.15, 0.2) is 24.3 Å². The molecule has 1 unspecified atom stereocenters. The average Bonchev–Trinajstić information content (AvgIpc) is 2.95. The number of aromatic amines is 1. The lowest BCUT2D eigenvalue weighted by Gasteiger charge is -2.20. The van der Waals surface area contributed by atoms with Gasteiger partial charge in [0.15, 0.2) is 0 Å². The van der Waals surface area contributed by atoms with E-state index in [2.05, 4.69) is 29.5 Å². The number of carbonyl (C=O) groups excluding carboxylic acids is 2. The average molecular weight is 345 g/mol. The van der Waals surface area contributed by atoms with Crippen LogP contribution in [-0.2, 0) is 4.74 Å². The van der Waals surface area contributed by atoms with E-state index >= 15 is 0 Å². The molecule has 1 heterocycles. The molecule has 0 spiro atoms. The molecule has 1 aromatic heterocycles. The number of carbonyl (C=O) groups is 2. The molecule has 3 N–H and O–H groups in total. The Hall–Kier alpha value is -2.50. The van der Waals surface area contributed by atoms with Crippen LogP contribution in [0.1, 0.15) is 43.2 Å². The number of benzene rings is 1. The maximum Gasteiger partial charge on any atom is 0.407 e. The van der Waals surface area contributed by atoms with Crippen molar-refractivity contribution in [3.63, 3.8) is 0 Å². The number of amides is 2. The molecule has 0 saturated carbocycles. The van der Waals surface area contributed by atoms with Gasteiger partial charge in [0, 0.05) is 23.5 Å². The maximum absolute atomic E-state index is 12.4. The van der Waals surface area contributed by atoms with Crippen LogP contribution in [0.2, 0.25) is 0 Å². The molecule has 2 rings (SSSR count). The summed E-state index contributed by atoms with van der Waals surface area (Å²) in [4.78, 5) is 27.2. The third kappa shape index (κ3) is 5.52. The van der Waals surface area contributed by atoms with E-state index in [0.717, 1.165) is 22.9 Å². The summed E-state index contributed by atoms with van der Waals surface area (Å²) < 4.78 is 4.93. The first-order chi connectivity index (χ1) is 11.9. The van der Waals surface area contributed by atoms with E-state index in [-0.39, 0.29) is 11.9 Å². The van der Waals surface area contributed by atoms with Crippen LogP contribution >= 0.6 is 0 Å². The van der Waals surface area contributed by atoms with Gasteiger partial charge in [-0.1, -0.05) is 25.5 Å². The standard InChI is InChI=1S/C19H27N3O3/c1-5-25-19(24)21-15(8-12(2)3)11-20-18(23)17-10-14-9-13(4)6-7-16(14)22-17/h6-7,9-10,12,15,22H,5,8,11H2,1-4H3,(H,20,23)(H,21,24). The molecule has 0 aliphatic carbocycles. The highest BCUT2D eigenvalue weighted by Gasteiger charge is 2.17. The lowest BCUT2D eigenvalue weighted by Crippen LogP contribution is -2.44. The number of alkyl carbamates (subject to hydrolysis) is 1. The van der Waals surface area contributed by atoms with Crippen molar-refractivity contribution in [2.75, 3.05) is 13.2 Å². The number of ether oxygens (including phenoxy) is 1. The van der Waals surface area contributed by atoms with Gasteiger partial charge in [-0.15, -0.1) is 0 Å². The fourth-order valence-electron chi connectivity index (χ4n) is 2.79.